The summed E-state index contributed by atoms with van der Waals surface area (Å²) in [6, 6.07) is 0. The van der Waals surface area contributed by atoms with Gasteiger partial charge in [-0.25, -0.2) is 9.97 Å². The van der Waals surface area contributed by atoms with Crippen molar-refractivity contribution in [2.24, 2.45) is 0 Å². The molecule has 0 radical (unpaired) electrons. The number of thiophene rings is 1. The van der Waals surface area contributed by atoms with Gasteiger partial charge in [-0.2, -0.15) is 0 Å². The highest BCUT2D eigenvalue weighted by atomic mass is 32.1. The second kappa shape index (κ2) is 5.50. The second-order valence-electron chi connectivity index (χ2n) is 6.11. The Balaban J connectivity index is 1.77. The third kappa shape index (κ3) is 2.26. The lowest BCUT2D eigenvalue weighted by Gasteiger charge is -2.22. The fourth-order valence-electron chi connectivity index (χ4n) is 3.62. The number of ether oxygens (including phenoxy) is 1. The highest BCUT2D eigenvalue weighted by Crippen LogP contribution is 2.46. The highest BCUT2D eigenvalue weighted by molar-refractivity contribution is 7.19. The summed E-state index contributed by atoms with van der Waals surface area (Å²) in [6.07, 6.45) is 8.99. The topological polar surface area (TPSA) is 72.3 Å². The van der Waals surface area contributed by atoms with E-state index < -0.39 is 11.9 Å². The summed E-state index contributed by atoms with van der Waals surface area (Å²) in [5.74, 6) is -0.614. The van der Waals surface area contributed by atoms with Gasteiger partial charge in [-0.15, -0.1) is 11.3 Å². The normalized spacial score (nSPS) is 21.9. The van der Waals surface area contributed by atoms with E-state index in [0.29, 0.717) is 12.3 Å². The van der Waals surface area contributed by atoms with E-state index in [0.717, 1.165) is 39.9 Å². The fraction of sp³-hybridized carbons (Fsp3) is 0.562. The van der Waals surface area contributed by atoms with E-state index in [-0.39, 0.29) is 6.10 Å². The minimum absolute atomic E-state index is 0.201. The number of hydrogen-bond acceptors (Lipinski definition) is 5. The third-order valence-corrected chi connectivity index (χ3v) is 5.88. The fourth-order valence-corrected chi connectivity index (χ4v) is 4.83. The van der Waals surface area contributed by atoms with Gasteiger partial charge in [-0.3, -0.25) is 4.79 Å². The molecule has 4 rings (SSSR count). The largest absolute Gasteiger partial charge is 0.481 e. The van der Waals surface area contributed by atoms with Gasteiger partial charge in [0.15, 0.2) is 0 Å². The van der Waals surface area contributed by atoms with Gasteiger partial charge in [0.05, 0.1) is 11.3 Å². The average molecular weight is 318 g/mol. The van der Waals surface area contributed by atoms with Crippen molar-refractivity contribution in [1.29, 1.82) is 0 Å². The molecule has 0 aromatic carbocycles. The minimum atomic E-state index is -0.758. The highest BCUT2D eigenvalue weighted by Gasteiger charge is 2.34. The first-order valence-electron chi connectivity index (χ1n) is 7.90. The zero-order chi connectivity index (χ0) is 15.1. The number of carbonyl (C=O) groups is 1. The van der Waals surface area contributed by atoms with Gasteiger partial charge in [-0.1, -0.05) is 6.42 Å². The lowest BCUT2D eigenvalue weighted by molar-refractivity contribution is -0.138. The lowest BCUT2D eigenvalue weighted by atomic mass is 9.97. The van der Waals surface area contributed by atoms with Crippen molar-refractivity contribution in [2.45, 2.75) is 57.0 Å². The molecule has 2 aliphatic carbocycles. The lowest BCUT2D eigenvalue weighted by Crippen LogP contribution is -2.20. The summed E-state index contributed by atoms with van der Waals surface area (Å²) >= 11 is 1.59. The molecule has 1 N–H and O–H groups in total. The molecule has 116 valence electrons. The molecule has 0 bridgehead atoms. The molecule has 2 aromatic rings. The molecule has 1 unspecified atom stereocenters. The first-order chi connectivity index (χ1) is 10.7. The zero-order valence-corrected chi connectivity index (χ0v) is 13.1. The molecule has 5 nitrogen and oxygen atoms in total. The van der Waals surface area contributed by atoms with Crippen molar-refractivity contribution in [2.75, 3.05) is 0 Å². The first kappa shape index (κ1) is 13.9. The summed E-state index contributed by atoms with van der Waals surface area (Å²) < 4.78 is 6.14. The Bertz CT molecular complexity index is 721. The van der Waals surface area contributed by atoms with E-state index in [2.05, 4.69) is 9.97 Å². The Morgan fingerprint density at radius 2 is 2.05 bits per heavy atom. The van der Waals surface area contributed by atoms with Crippen LogP contribution in [0.2, 0.25) is 0 Å². The maximum atomic E-state index is 11.5. The summed E-state index contributed by atoms with van der Waals surface area (Å²) in [7, 11) is 0. The maximum Gasteiger partial charge on any atom is 0.311 e. The first-order valence-corrected chi connectivity index (χ1v) is 8.71. The van der Waals surface area contributed by atoms with Gasteiger partial charge in [0.1, 0.15) is 17.3 Å². The summed E-state index contributed by atoms with van der Waals surface area (Å²) in [5, 5.41) is 10.3. The minimum Gasteiger partial charge on any atom is -0.481 e. The van der Waals surface area contributed by atoms with Crippen molar-refractivity contribution in [3.63, 3.8) is 0 Å². The quantitative estimate of drug-likeness (QED) is 0.937. The van der Waals surface area contributed by atoms with Crippen LogP contribution in [0.3, 0.4) is 0 Å². The molecule has 2 aliphatic rings. The van der Waals surface area contributed by atoms with Gasteiger partial charge >= 0.3 is 5.97 Å². The predicted octanol–water partition coefficient (Wildman–Crippen LogP) is 3.52. The monoisotopic (exact) mass is 318 g/mol. The Labute approximate surface area is 132 Å². The van der Waals surface area contributed by atoms with Crippen LogP contribution in [0.1, 0.15) is 54.9 Å². The Morgan fingerprint density at radius 1 is 1.23 bits per heavy atom. The number of rotatable bonds is 3. The van der Waals surface area contributed by atoms with E-state index >= 15 is 0 Å². The van der Waals surface area contributed by atoms with Gasteiger partial charge < -0.3 is 9.84 Å². The van der Waals surface area contributed by atoms with Crippen LogP contribution in [0.15, 0.2) is 6.33 Å². The molecule has 2 aromatic heterocycles. The van der Waals surface area contributed by atoms with Gasteiger partial charge in [0.2, 0.25) is 5.88 Å². The number of aromatic nitrogens is 2. The van der Waals surface area contributed by atoms with Crippen LogP contribution in [-0.2, 0) is 11.2 Å². The zero-order valence-electron chi connectivity index (χ0n) is 12.2. The number of fused-ring (bicyclic) bond motifs is 3. The van der Waals surface area contributed by atoms with E-state index in [9.17, 15) is 9.90 Å². The summed E-state index contributed by atoms with van der Waals surface area (Å²) in [5.41, 5.74) is 0.902. The van der Waals surface area contributed by atoms with Crippen LogP contribution < -0.4 is 4.74 Å². The van der Waals surface area contributed by atoms with E-state index in [1.54, 1.807) is 11.3 Å². The van der Waals surface area contributed by atoms with Crippen molar-refractivity contribution >= 4 is 27.5 Å². The van der Waals surface area contributed by atoms with Gasteiger partial charge in [0, 0.05) is 4.88 Å². The number of aryl methyl sites for hydroxylation is 1. The molecular formula is C16H18N2O3S. The number of carboxylic acid groups (broad SMARTS) is 1. The van der Waals surface area contributed by atoms with Crippen LogP contribution in [0, 0.1) is 0 Å². The maximum absolute atomic E-state index is 11.5. The van der Waals surface area contributed by atoms with Gasteiger partial charge in [0.25, 0.3) is 0 Å². The van der Waals surface area contributed by atoms with Crippen molar-refractivity contribution in [1.82, 2.24) is 9.97 Å². The third-order valence-electron chi connectivity index (χ3n) is 4.70. The Morgan fingerprint density at radius 3 is 2.82 bits per heavy atom. The molecule has 0 aliphatic heterocycles. The van der Waals surface area contributed by atoms with E-state index in [1.807, 2.05) is 0 Å². The molecule has 2 heterocycles. The SMILES string of the molecule is O=C(O)C1CCc2sc3ncnc(OC4CCCCC4)c3c21. The molecular weight excluding hydrogens is 300 g/mol. The number of hydrogen-bond donors (Lipinski definition) is 1. The van der Waals surface area contributed by atoms with Crippen molar-refractivity contribution < 1.29 is 14.6 Å². The smallest absolute Gasteiger partial charge is 0.311 e. The van der Waals surface area contributed by atoms with E-state index in [4.69, 9.17) is 4.74 Å². The number of aliphatic carboxylic acids is 1. The standard InChI is InChI=1S/C16H18N2O3S/c19-16(20)10-6-7-11-12(10)13-14(17-8-18-15(13)22-11)21-9-4-2-1-3-5-9/h8-10H,1-7H2,(H,19,20). The molecule has 6 heteroatoms. The number of carboxylic acids is 1. The molecule has 1 atom stereocenters. The van der Waals surface area contributed by atoms with Crippen molar-refractivity contribution in [3.05, 3.63) is 16.8 Å². The predicted molar refractivity (Wildman–Crippen MR) is 83.6 cm³/mol. The molecule has 1 saturated carbocycles. The van der Waals surface area contributed by atoms with Gasteiger partial charge in [-0.05, 0) is 44.1 Å². The molecule has 0 amide bonds. The Hall–Kier alpha value is -1.69. The van der Waals surface area contributed by atoms with E-state index in [1.165, 1.54) is 25.6 Å². The number of nitrogens with zero attached hydrogens (tertiary/aromatic N) is 2. The average Bonchev–Trinajstić information content (AvgIpc) is 3.07. The van der Waals surface area contributed by atoms with Crippen LogP contribution >= 0.6 is 11.3 Å². The second-order valence-corrected chi connectivity index (χ2v) is 7.19. The van der Waals surface area contributed by atoms with Crippen LogP contribution in [0.5, 0.6) is 5.88 Å². The van der Waals surface area contributed by atoms with Crippen LogP contribution in [0.25, 0.3) is 10.2 Å². The molecule has 1 fully saturated rings. The summed E-state index contributed by atoms with van der Waals surface area (Å²) in [4.78, 5) is 22.2. The van der Waals surface area contributed by atoms with Crippen LogP contribution in [0.4, 0.5) is 0 Å². The Kier molecular flexibility index (Phi) is 3.48. The molecule has 22 heavy (non-hydrogen) atoms. The summed E-state index contributed by atoms with van der Waals surface area (Å²) in [6.45, 7) is 0. The molecule has 0 spiro atoms. The van der Waals surface area contributed by atoms with Crippen molar-refractivity contribution in [3.8, 4) is 5.88 Å². The van der Waals surface area contributed by atoms with Crippen LogP contribution in [-0.4, -0.2) is 27.1 Å². The molecule has 0 saturated heterocycles.